The summed E-state index contributed by atoms with van der Waals surface area (Å²) >= 11 is 0. The van der Waals surface area contributed by atoms with Crippen LogP contribution >= 0.6 is 0 Å². The van der Waals surface area contributed by atoms with Gasteiger partial charge in [-0.1, -0.05) is 6.07 Å². The fraction of sp³-hybridized carbons (Fsp3) is 0.154. The molecule has 0 bridgehead atoms. The maximum atomic E-state index is 12.5. The van der Waals surface area contributed by atoms with Gasteiger partial charge in [-0.15, -0.1) is 0 Å². The number of halogens is 3. The molecular formula is C13H10F3N3O3. The Hall–Kier alpha value is -2.84. The zero-order chi connectivity index (χ0) is 16.3. The van der Waals surface area contributed by atoms with Gasteiger partial charge in [0.2, 0.25) is 5.91 Å². The standard InChI is InChI=1S/C13H10F3N3O3/c14-13(15,16)9-2-1-3-10(4-9)18-11(20)7-19-6-8(5-17-19)12(21)22/h1-6H,7H2,(H,18,20)(H,21,22). The van der Waals surface area contributed by atoms with Crippen LogP contribution < -0.4 is 5.32 Å². The predicted octanol–water partition coefficient (Wildman–Crippen LogP) is 2.24. The Kier molecular flexibility index (Phi) is 4.15. The quantitative estimate of drug-likeness (QED) is 0.906. The van der Waals surface area contributed by atoms with Gasteiger partial charge < -0.3 is 10.4 Å². The van der Waals surface area contributed by atoms with Gasteiger partial charge in [0.25, 0.3) is 0 Å². The van der Waals surface area contributed by atoms with Crippen molar-refractivity contribution in [2.45, 2.75) is 12.7 Å². The van der Waals surface area contributed by atoms with Crippen molar-refractivity contribution >= 4 is 17.6 Å². The number of carbonyl (C=O) groups excluding carboxylic acids is 1. The number of carboxylic acids is 1. The van der Waals surface area contributed by atoms with Crippen LogP contribution in [0.5, 0.6) is 0 Å². The van der Waals surface area contributed by atoms with Crippen LogP contribution in [-0.4, -0.2) is 26.8 Å². The van der Waals surface area contributed by atoms with Gasteiger partial charge in [-0.05, 0) is 18.2 Å². The van der Waals surface area contributed by atoms with Gasteiger partial charge in [0.1, 0.15) is 6.54 Å². The summed E-state index contributed by atoms with van der Waals surface area (Å²) in [5.74, 6) is -1.82. The second-order valence-electron chi connectivity index (χ2n) is 4.36. The normalized spacial score (nSPS) is 11.2. The Morgan fingerprint density at radius 2 is 2.05 bits per heavy atom. The molecule has 1 amide bonds. The molecule has 0 saturated heterocycles. The highest BCUT2D eigenvalue weighted by molar-refractivity contribution is 5.91. The van der Waals surface area contributed by atoms with Crippen molar-refractivity contribution in [3.63, 3.8) is 0 Å². The van der Waals surface area contributed by atoms with Crippen molar-refractivity contribution < 1.29 is 27.9 Å². The summed E-state index contributed by atoms with van der Waals surface area (Å²) in [6, 6.07) is 4.19. The van der Waals surface area contributed by atoms with Crippen molar-refractivity contribution in [3.05, 3.63) is 47.8 Å². The Balaban J connectivity index is 2.04. The highest BCUT2D eigenvalue weighted by atomic mass is 19.4. The van der Waals surface area contributed by atoms with Crippen LogP contribution in [0, 0.1) is 0 Å². The molecular weight excluding hydrogens is 303 g/mol. The molecule has 116 valence electrons. The van der Waals surface area contributed by atoms with Crippen LogP contribution in [0.25, 0.3) is 0 Å². The van der Waals surface area contributed by atoms with Crippen molar-refractivity contribution in [2.75, 3.05) is 5.32 Å². The molecule has 0 unspecified atom stereocenters. The van der Waals surface area contributed by atoms with Gasteiger partial charge in [0.15, 0.2) is 0 Å². The lowest BCUT2D eigenvalue weighted by atomic mass is 10.2. The van der Waals surface area contributed by atoms with E-state index in [0.29, 0.717) is 0 Å². The van der Waals surface area contributed by atoms with Crippen LogP contribution in [0.3, 0.4) is 0 Å². The highest BCUT2D eigenvalue weighted by Gasteiger charge is 2.30. The van der Waals surface area contributed by atoms with E-state index in [-0.39, 0.29) is 17.8 Å². The van der Waals surface area contributed by atoms with E-state index in [9.17, 15) is 22.8 Å². The molecule has 1 aromatic heterocycles. The molecule has 0 aliphatic carbocycles. The van der Waals surface area contributed by atoms with E-state index >= 15 is 0 Å². The van der Waals surface area contributed by atoms with Gasteiger partial charge in [0.05, 0.1) is 17.3 Å². The van der Waals surface area contributed by atoms with E-state index in [1.54, 1.807) is 0 Å². The Labute approximate surface area is 122 Å². The first-order valence-corrected chi connectivity index (χ1v) is 5.98. The summed E-state index contributed by atoms with van der Waals surface area (Å²) in [6.45, 7) is -0.316. The molecule has 9 heteroatoms. The van der Waals surface area contributed by atoms with Crippen molar-refractivity contribution in [1.29, 1.82) is 0 Å². The predicted molar refractivity (Wildman–Crippen MR) is 69.3 cm³/mol. The number of carboxylic acid groups (broad SMARTS) is 1. The second-order valence-corrected chi connectivity index (χ2v) is 4.36. The Morgan fingerprint density at radius 3 is 2.64 bits per heavy atom. The summed E-state index contributed by atoms with van der Waals surface area (Å²) in [5.41, 5.74) is -0.977. The van der Waals surface area contributed by atoms with E-state index in [0.717, 1.165) is 29.2 Å². The van der Waals surface area contributed by atoms with E-state index in [2.05, 4.69) is 10.4 Å². The van der Waals surface area contributed by atoms with E-state index < -0.39 is 23.6 Å². The number of aromatic carboxylic acids is 1. The molecule has 0 atom stereocenters. The third kappa shape index (κ3) is 3.84. The first-order valence-electron chi connectivity index (χ1n) is 5.98. The van der Waals surface area contributed by atoms with E-state index in [1.807, 2.05) is 0 Å². The Morgan fingerprint density at radius 1 is 1.32 bits per heavy atom. The summed E-state index contributed by atoms with van der Waals surface area (Å²) in [7, 11) is 0. The van der Waals surface area contributed by atoms with Crippen LogP contribution in [0.1, 0.15) is 15.9 Å². The number of amides is 1. The van der Waals surface area contributed by atoms with Gasteiger partial charge in [-0.25, -0.2) is 4.79 Å². The van der Waals surface area contributed by atoms with Crippen molar-refractivity contribution in [2.24, 2.45) is 0 Å². The number of hydrogen-bond donors (Lipinski definition) is 2. The lowest BCUT2D eigenvalue weighted by Crippen LogP contribution is -2.19. The molecule has 6 nitrogen and oxygen atoms in total. The van der Waals surface area contributed by atoms with Gasteiger partial charge in [0, 0.05) is 11.9 Å². The Bertz CT molecular complexity index is 710. The molecule has 22 heavy (non-hydrogen) atoms. The number of nitrogens with one attached hydrogen (secondary N) is 1. The van der Waals surface area contributed by atoms with Crippen LogP contribution in [0.15, 0.2) is 36.7 Å². The minimum absolute atomic E-state index is 0.00885. The molecule has 1 aromatic carbocycles. The molecule has 0 aliphatic rings. The molecule has 2 rings (SSSR count). The zero-order valence-electron chi connectivity index (χ0n) is 11.0. The summed E-state index contributed by atoms with van der Waals surface area (Å²) in [4.78, 5) is 22.4. The lowest BCUT2D eigenvalue weighted by Gasteiger charge is -2.09. The zero-order valence-corrected chi connectivity index (χ0v) is 11.0. The number of alkyl halides is 3. The molecule has 0 aliphatic heterocycles. The summed E-state index contributed by atoms with van der Waals surface area (Å²) < 4.78 is 38.7. The third-order valence-electron chi connectivity index (χ3n) is 2.66. The van der Waals surface area contributed by atoms with Crippen LogP contribution in [-0.2, 0) is 17.5 Å². The van der Waals surface area contributed by atoms with Crippen molar-refractivity contribution in [1.82, 2.24) is 9.78 Å². The third-order valence-corrected chi connectivity index (χ3v) is 2.66. The van der Waals surface area contributed by atoms with Crippen LogP contribution in [0.2, 0.25) is 0 Å². The minimum Gasteiger partial charge on any atom is -0.478 e. The molecule has 0 fully saturated rings. The summed E-state index contributed by atoms with van der Waals surface area (Å²) in [6.07, 6.45) is -2.28. The maximum absolute atomic E-state index is 12.5. The highest BCUT2D eigenvalue weighted by Crippen LogP contribution is 2.30. The van der Waals surface area contributed by atoms with Gasteiger partial charge in [-0.2, -0.15) is 18.3 Å². The SMILES string of the molecule is O=C(Cn1cc(C(=O)O)cn1)Nc1cccc(C(F)(F)F)c1. The first-order chi connectivity index (χ1) is 10.3. The second kappa shape index (κ2) is 5.88. The van der Waals surface area contributed by atoms with Crippen LogP contribution in [0.4, 0.5) is 18.9 Å². The number of aromatic nitrogens is 2. The average molecular weight is 313 g/mol. The molecule has 0 saturated carbocycles. The monoisotopic (exact) mass is 313 g/mol. The number of rotatable bonds is 4. The molecule has 1 heterocycles. The van der Waals surface area contributed by atoms with E-state index in [1.165, 1.54) is 12.1 Å². The van der Waals surface area contributed by atoms with Crippen molar-refractivity contribution in [3.8, 4) is 0 Å². The fourth-order valence-electron chi connectivity index (χ4n) is 1.68. The fourth-order valence-corrected chi connectivity index (χ4v) is 1.68. The number of hydrogen-bond acceptors (Lipinski definition) is 3. The van der Waals surface area contributed by atoms with Gasteiger partial charge in [-0.3, -0.25) is 9.48 Å². The largest absolute Gasteiger partial charge is 0.478 e. The van der Waals surface area contributed by atoms with E-state index in [4.69, 9.17) is 5.11 Å². The smallest absolute Gasteiger partial charge is 0.416 e. The minimum atomic E-state index is -4.50. The topological polar surface area (TPSA) is 84.2 Å². The lowest BCUT2D eigenvalue weighted by molar-refractivity contribution is -0.137. The number of carbonyl (C=O) groups is 2. The number of nitrogens with zero attached hydrogens (tertiary/aromatic N) is 2. The molecule has 0 spiro atoms. The average Bonchev–Trinajstić information content (AvgIpc) is 2.86. The molecule has 2 N–H and O–H groups in total. The summed E-state index contributed by atoms with van der Waals surface area (Å²) in [5, 5.41) is 14.7. The number of benzene rings is 1. The maximum Gasteiger partial charge on any atom is 0.416 e. The molecule has 0 radical (unpaired) electrons. The molecule has 2 aromatic rings. The number of anilines is 1. The first kappa shape index (κ1) is 15.5. The van der Waals surface area contributed by atoms with Gasteiger partial charge >= 0.3 is 12.1 Å².